The van der Waals surface area contributed by atoms with Gasteiger partial charge in [-0.3, -0.25) is 4.79 Å². The van der Waals surface area contributed by atoms with Crippen molar-refractivity contribution in [2.24, 2.45) is 0 Å². The summed E-state index contributed by atoms with van der Waals surface area (Å²) >= 11 is 0. The van der Waals surface area contributed by atoms with Crippen LogP contribution in [0.3, 0.4) is 0 Å². The van der Waals surface area contributed by atoms with E-state index in [1.54, 1.807) is 0 Å². The average Bonchev–Trinajstić information content (AvgIpc) is 2.77. The molecule has 1 heterocycles. The second kappa shape index (κ2) is 5.60. The molecule has 3 rings (SSSR count). The topological polar surface area (TPSA) is 38.3 Å². The van der Waals surface area contributed by atoms with Crippen LogP contribution in [0.2, 0.25) is 0 Å². The van der Waals surface area contributed by atoms with Gasteiger partial charge in [0.2, 0.25) is 5.91 Å². The molecule has 1 aliphatic heterocycles. The van der Waals surface area contributed by atoms with Crippen molar-refractivity contribution in [1.29, 1.82) is 0 Å². The van der Waals surface area contributed by atoms with Crippen molar-refractivity contribution in [2.45, 2.75) is 32.3 Å². The number of ether oxygens (including phenoxy) is 1. The molecule has 0 aromatic heterocycles. The van der Waals surface area contributed by atoms with Crippen molar-refractivity contribution >= 4 is 11.6 Å². The maximum atomic E-state index is 12.1. The first-order valence-corrected chi connectivity index (χ1v) is 7.29. The summed E-state index contributed by atoms with van der Waals surface area (Å²) in [5, 5.41) is 2.94. The Labute approximate surface area is 124 Å². The molecule has 0 aliphatic carbocycles. The van der Waals surface area contributed by atoms with Gasteiger partial charge in [0.1, 0.15) is 5.75 Å². The molecule has 1 atom stereocenters. The van der Waals surface area contributed by atoms with E-state index in [1.165, 1.54) is 0 Å². The molecule has 3 nitrogen and oxygen atoms in total. The van der Waals surface area contributed by atoms with E-state index in [4.69, 9.17) is 4.74 Å². The van der Waals surface area contributed by atoms with E-state index in [9.17, 15) is 4.79 Å². The van der Waals surface area contributed by atoms with Crippen LogP contribution in [0.4, 0.5) is 5.69 Å². The highest BCUT2D eigenvalue weighted by atomic mass is 16.5. The molecule has 2 aromatic rings. The third-order valence-corrected chi connectivity index (χ3v) is 3.65. The van der Waals surface area contributed by atoms with Crippen LogP contribution in [0.15, 0.2) is 48.5 Å². The lowest BCUT2D eigenvalue weighted by Crippen LogP contribution is -2.14. The maximum Gasteiger partial charge on any atom is 0.232 e. The van der Waals surface area contributed by atoms with E-state index in [1.807, 2.05) is 62.4 Å². The van der Waals surface area contributed by atoms with Gasteiger partial charge in [0.15, 0.2) is 0 Å². The van der Waals surface area contributed by atoms with Crippen LogP contribution < -0.4 is 10.1 Å². The Hall–Kier alpha value is -2.29. The zero-order valence-electron chi connectivity index (χ0n) is 12.3. The Morgan fingerprint density at radius 2 is 1.81 bits per heavy atom. The third kappa shape index (κ3) is 2.92. The van der Waals surface area contributed by atoms with Gasteiger partial charge >= 0.3 is 0 Å². The summed E-state index contributed by atoms with van der Waals surface area (Å²) in [6, 6.07) is 15.9. The summed E-state index contributed by atoms with van der Waals surface area (Å²) in [7, 11) is 0. The molecule has 1 amide bonds. The van der Waals surface area contributed by atoms with Crippen molar-refractivity contribution in [3.63, 3.8) is 0 Å². The number of carbonyl (C=O) groups is 1. The summed E-state index contributed by atoms with van der Waals surface area (Å²) in [5.41, 5.74) is 3.17. The number of hydrogen-bond acceptors (Lipinski definition) is 2. The number of rotatable bonds is 4. The number of anilines is 1. The molecular weight excluding hydrogens is 262 g/mol. The van der Waals surface area contributed by atoms with Crippen molar-refractivity contribution < 1.29 is 9.53 Å². The lowest BCUT2D eigenvalue weighted by Gasteiger charge is -2.12. The number of hydrogen-bond donors (Lipinski definition) is 1. The minimum atomic E-state index is -0.0990. The SMILES string of the molecule is CC(C)Oc1ccc(CC2C(=O)Nc3ccccc32)cc1. The molecule has 0 bridgehead atoms. The van der Waals surface area contributed by atoms with Crippen LogP contribution in [0, 0.1) is 0 Å². The van der Waals surface area contributed by atoms with Crippen LogP contribution in [0.1, 0.15) is 30.9 Å². The van der Waals surface area contributed by atoms with E-state index in [0.29, 0.717) is 6.42 Å². The van der Waals surface area contributed by atoms with Gasteiger partial charge < -0.3 is 10.1 Å². The minimum Gasteiger partial charge on any atom is -0.491 e. The van der Waals surface area contributed by atoms with Gasteiger partial charge in [-0.15, -0.1) is 0 Å². The fraction of sp³-hybridized carbons (Fsp3) is 0.278. The lowest BCUT2D eigenvalue weighted by molar-refractivity contribution is -0.117. The number of benzene rings is 2. The van der Waals surface area contributed by atoms with Gasteiger partial charge in [-0.25, -0.2) is 0 Å². The van der Waals surface area contributed by atoms with Crippen LogP contribution in [-0.2, 0) is 11.2 Å². The van der Waals surface area contributed by atoms with E-state index >= 15 is 0 Å². The lowest BCUT2D eigenvalue weighted by atomic mass is 9.93. The number of para-hydroxylation sites is 1. The second-order valence-corrected chi connectivity index (χ2v) is 5.64. The highest BCUT2D eigenvalue weighted by molar-refractivity contribution is 6.03. The molecule has 3 heteroatoms. The van der Waals surface area contributed by atoms with Gasteiger partial charge in [-0.1, -0.05) is 30.3 Å². The molecule has 2 aromatic carbocycles. The van der Waals surface area contributed by atoms with E-state index in [2.05, 4.69) is 5.32 Å². The Morgan fingerprint density at radius 3 is 2.52 bits per heavy atom. The standard InChI is InChI=1S/C18H19NO2/c1-12(2)21-14-9-7-13(8-10-14)11-16-15-5-3-4-6-17(15)19-18(16)20/h3-10,12,16H,11H2,1-2H3,(H,19,20). The molecule has 0 fully saturated rings. The predicted octanol–water partition coefficient (Wildman–Crippen LogP) is 3.75. The monoisotopic (exact) mass is 281 g/mol. The number of amides is 1. The number of nitrogens with one attached hydrogen (secondary N) is 1. The summed E-state index contributed by atoms with van der Waals surface area (Å²) in [6.07, 6.45) is 0.883. The molecule has 0 saturated heterocycles. The number of carbonyl (C=O) groups excluding carboxylic acids is 1. The summed E-state index contributed by atoms with van der Waals surface area (Å²) in [6.45, 7) is 4.02. The summed E-state index contributed by atoms with van der Waals surface area (Å²) in [5.74, 6) is 0.849. The predicted molar refractivity (Wildman–Crippen MR) is 83.7 cm³/mol. The van der Waals surface area contributed by atoms with Crippen LogP contribution in [0.25, 0.3) is 0 Å². The Kier molecular flexibility index (Phi) is 3.65. The van der Waals surface area contributed by atoms with Gasteiger partial charge in [0, 0.05) is 5.69 Å². The molecule has 0 radical (unpaired) electrons. The molecule has 1 aliphatic rings. The normalized spacial score (nSPS) is 16.7. The van der Waals surface area contributed by atoms with Gasteiger partial charge in [0.05, 0.1) is 12.0 Å². The third-order valence-electron chi connectivity index (χ3n) is 3.65. The Morgan fingerprint density at radius 1 is 1.10 bits per heavy atom. The Bertz CT molecular complexity index is 647. The maximum absolute atomic E-state index is 12.1. The quantitative estimate of drug-likeness (QED) is 0.926. The average molecular weight is 281 g/mol. The zero-order valence-corrected chi connectivity index (χ0v) is 12.3. The molecular formula is C18H19NO2. The first-order chi connectivity index (χ1) is 10.1. The van der Waals surface area contributed by atoms with Gasteiger partial charge in [-0.05, 0) is 49.6 Å². The first kappa shape index (κ1) is 13.7. The first-order valence-electron chi connectivity index (χ1n) is 7.29. The van der Waals surface area contributed by atoms with E-state index in [-0.39, 0.29) is 17.9 Å². The zero-order chi connectivity index (χ0) is 14.8. The summed E-state index contributed by atoms with van der Waals surface area (Å²) < 4.78 is 5.64. The molecule has 1 N–H and O–H groups in total. The highest BCUT2D eigenvalue weighted by Gasteiger charge is 2.29. The minimum absolute atomic E-state index is 0.0821. The largest absolute Gasteiger partial charge is 0.491 e. The van der Waals surface area contributed by atoms with Crippen LogP contribution in [-0.4, -0.2) is 12.0 Å². The van der Waals surface area contributed by atoms with Gasteiger partial charge in [-0.2, -0.15) is 0 Å². The fourth-order valence-electron chi connectivity index (χ4n) is 2.69. The van der Waals surface area contributed by atoms with Crippen molar-refractivity contribution in [3.8, 4) is 5.75 Å². The molecule has 21 heavy (non-hydrogen) atoms. The Balaban J connectivity index is 1.76. The molecule has 0 saturated carbocycles. The van der Waals surface area contributed by atoms with Crippen LogP contribution >= 0.6 is 0 Å². The molecule has 0 spiro atoms. The van der Waals surface area contributed by atoms with E-state index in [0.717, 1.165) is 22.6 Å². The smallest absolute Gasteiger partial charge is 0.232 e. The van der Waals surface area contributed by atoms with E-state index < -0.39 is 0 Å². The van der Waals surface area contributed by atoms with Crippen molar-refractivity contribution in [2.75, 3.05) is 5.32 Å². The fourth-order valence-corrected chi connectivity index (χ4v) is 2.69. The van der Waals surface area contributed by atoms with Crippen LogP contribution in [0.5, 0.6) is 5.75 Å². The molecule has 108 valence electrons. The van der Waals surface area contributed by atoms with Crippen molar-refractivity contribution in [3.05, 3.63) is 59.7 Å². The molecule has 1 unspecified atom stereocenters. The second-order valence-electron chi connectivity index (χ2n) is 5.64. The highest BCUT2D eigenvalue weighted by Crippen LogP contribution is 2.34. The van der Waals surface area contributed by atoms with Crippen molar-refractivity contribution in [1.82, 2.24) is 0 Å². The number of fused-ring (bicyclic) bond motifs is 1. The van der Waals surface area contributed by atoms with Gasteiger partial charge in [0.25, 0.3) is 0 Å². The summed E-state index contributed by atoms with van der Waals surface area (Å²) in [4.78, 5) is 12.1.